The minimum Gasteiger partial charge on any atom is -0.383 e. The Hall–Kier alpha value is -2.63. The molecule has 3 aromatic rings. The van der Waals surface area contributed by atoms with Gasteiger partial charge in [0.05, 0.1) is 11.2 Å². The molecule has 21 heavy (non-hydrogen) atoms. The van der Waals surface area contributed by atoms with Crippen LogP contribution in [0.1, 0.15) is 18.2 Å². The average Bonchev–Trinajstić information content (AvgIpc) is 2.85. The normalized spacial score (nSPS) is 11.0. The number of nitrogens with zero attached hydrogens (tertiary/aromatic N) is 4. The lowest BCUT2D eigenvalue weighted by molar-refractivity contribution is 0.746. The van der Waals surface area contributed by atoms with Gasteiger partial charge in [-0.2, -0.15) is 10.1 Å². The summed E-state index contributed by atoms with van der Waals surface area (Å²) in [7, 11) is 1.92. The summed E-state index contributed by atoms with van der Waals surface area (Å²) in [4.78, 5) is 8.79. The van der Waals surface area contributed by atoms with Gasteiger partial charge in [-0.1, -0.05) is 19.1 Å². The third kappa shape index (κ3) is 2.65. The molecule has 0 aliphatic carbocycles. The SMILES string of the molecule is CCc1nn(C)cc1CNc1nc(N)c2ccccc2n1. The van der Waals surface area contributed by atoms with E-state index in [0.717, 1.165) is 28.6 Å². The van der Waals surface area contributed by atoms with Crippen molar-refractivity contribution in [3.63, 3.8) is 0 Å². The van der Waals surface area contributed by atoms with Crippen LogP contribution in [0.15, 0.2) is 30.5 Å². The third-order valence-corrected chi connectivity index (χ3v) is 3.40. The summed E-state index contributed by atoms with van der Waals surface area (Å²) >= 11 is 0. The van der Waals surface area contributed by atoms with E-state index in [-0.39, 0.29) is 0 Å². The molecule has 0 radical (unpaired) electrons. The lowest BCUT2D eigenvalue weighted by Gasteiger charge is -2.07. The van der Waals surface area contributed by atoms with Gasteiger partial charge in [0.1, 0.15) is 5.82 Å². The summed E-state index contributed by atoms with van der Waals surface area (Å²) in [5.41, 5.74) is 9.05. The first-order valence-electron chi connectivity index (χ1n) is 6.95. The highest BCUT2D eigenvalue weighted by molar-refractivity contribution is 5.88. The van der Waals surface area contributed by atoms with Crippen molar-refractivity contribution in [2.24, 2.45) is 7.05 Å². The summed E-state index contributed by atoms with van der Waals surface area (Å²) in [5.74, 6) is 1.03. The monoisotopic (exact) mass is 282 g/mol. The van der Waals surface area contributed by atoms with Crippen LogP contribution in [-0.2, 0) is 20.0 Å². The van der Waals surface area contributed by atoms with E-state index in [1.807, 2.05) is 42.2 Å². The van der Waals surface area contributed by atoms with Crippen LogP contribution in [0.25, 0.3) is 10.9 Å². The zero-order valence-electron chi connectivity index (χ0n) is 12.2. The zero-order chi connectivity index (χ0) is 14.8. The van der Waals surface area contributed by atoms with E-state index in [0.29, 0.717) is 18.3 Å². The maximum atomic E-state index is 5.98. The molecule has 0 atom stereocenters. The quantitative estimate of drug-likeness (QED) is 0.766. The van der Waals surface area contributed by atoms with Crippen molar-refractivity contribution in [2.75, 3.05) is 11.1 Å². The Morgan fingerprint density at radius 2 is 2.05 bits per heavy atom. The van der Waals surface area contributed by atoms with Crippen molar-refractivity contribution >= 4 is 22.7 Å². The smallest absolute Gasteiger partial charge is 0.225 e. The van der Waals surface area contributed by atoms with E-state index in [1.54, 1.807) is 0 Å². The largest absolute Gasteiger partial charge is 0.383 e. The van der Waals surface area contributed by atoms with Crippen molar-refractivity contribution in [2.45, 2.75) is 19.9 Å². The maximum Gasteiger partial charge on any atom is 0.225 e. The molecule has 0 amide bonds. The number of anilines is 2. The summed E-state index contributed by atoms with van der Waals surface area (Å²) < 4.78 is 1.82. The molecule has 6 heteroatoms. The maximum absolute atomic E-state index is 5.98. The Labute approximate surface area is 123 Å². The molecule has 0 bridgehead atoms. The van der Waals surface area contributed by atoms with E-state index in [9.17, 15) is 0 Å². The van der Waals surface area contributed by atoms with Crippen LogP contribution in [-0.4, -0.2) is 19.7 Å². The second-order valence-corrected chi connectivity index (χ2v) is 4.93. The van der Waals surface area contributed by atoms with Crippen LogP contribution in [0, 0.1) is 0 Å². The topological polar surface area (TPSA) is 81.7 Å². The van der Waals surface area contributed by atoms with Crippen LogP contribution in [0.2, 0.25) is 0 Å². The van der Waals surface area contributed by atoms with Crippen LogP contribution in [0.4, 0.5) is 11.8 Å². The van der Waals surface area contributed by atoms with Crippen molar-refractivity contribution in [1.82, 2.24) is 19.7 Å². The molecule has 0 unspecified atom stereocenters. The number of hydrogen-bond donors (Lipinski definition) is 2. The van der Waals surface area contributed by atoms with Crippen molar-refractivity contribution < 1.29 is 0 Å². The molecule has 3 rings (SSSR count). The van der Waals surface area contributed by atoms with Gasteiger partial charge >= 0.3 is 0 Å². The van der Waals surface area contributed by atoms with E-state index >= 15 is 0 Å². The van der Waals surface area contributed by atoms with Gasteiger partial charge < -0.3 is 11.1 Å². The molecular formula is C15H18N6. The molecule has 1 aromatic carbocycles. The average molecular weight is 282 g/mol. The molecule has 0 aliphatic rings. The molecule has 6 nitrogen and oxygen atoms in total. The zero-order valence-corrected chi connectivity index (χ0v) is 12.2. The van der Waals surface area contributed by atoms with Gasteiger partial charge in [-0.15, -0.1) is 0 Å². The number of nitrogen functional groups attached to an aromatic ring is 1. The molecule has 3 N–H and O–H groups in total. The summed E-state index contributed by atoms with van der Waals surface area (Å²) in [5, 5.41) is 8.52. The molecule has 0 saturated heterocycles. The summed E-state index contributed by atoms with van der Waals surface area (Å²) in [6.45, 7) is 2.73. The first-order valence-corrected chi connectivity index (χ1v) is 6.95. The molecule has 108 valence electrons. The highest BCUT2D eigenvalue weighted by Gasteiger charge is 2.08. The second kappa shape index (κ2) is 5.40. The fraction of sp³-hybridized carbons (Fsp3) is 0.267. The highest BCUT2D eigenvalue weighted by Crippen LogP contribution is 2.19. The number of fused-ring (bicyclic) bond motifs is 1. The van der Waals surface area contributed by atoms with Crippen molar-refractivity contribution in [3.8, 4) is 0 Å². The van der Waals surface area contributed by atoms with Crippen molar-refractivity contribution in [1.29, 1.82) is 0 Å². The Kier molecular flexibility index (Phi) is 3.43. The minimum atomic E-state index is 0.491. The Bertz CT molecular complexity index is 777. The number of nitrogens with two attached hydrogens (primary N) is 1. The number of para-hydroxylation sites is 1. The molecule has 2 heterocycles. The van der Waals surface area contributed by atoms with Crippen LogP contribution in [0.3, 0.4) is 0 Å². The van der Waals surface area contributed by atoms with E-state index < -0.39 is 0 Å². The second-order valence-electron chi connectivity index (χ2n) is 4.93. The fourth-order valence-corrected chi connectivity index (χ4v) is 2.38. The lowest BCUT2D eigenvalue weighted by atomic mass is 10.2. The van der Waals surface area contributed by atoms with Gasteiger partial charge in [0.25, 0.3) is 0 Å². The predicted molar refractivity (Wildman–Crippen MR) is 83.9 cm³/mol. The Morgan fingerprint density at radius 3 is 2.86 bits per heavy atom. The van der Waals surface area contributed by atoms with Crippen molar-refractivity contribution in [3.05, 3.63) is 41.7 Å². The van der Waals surface area contributed by atoms with E-state index in [2.05, 4.69) is 27.3 Å². The van der Waals surface area contributed by atoms with Crippen LogP contribution in [0.5, 0.6) is 0 Å². The molecule has 0 aliphatic heterocycles. The number of aryl methyl sites for hydroxylation is 2. The summed E-state index contributed by atoms with van der Waals surface area (Å²) in [6.07, 6.45) is 2.91. The van der Waals surface area contributed by atoms with Gasteiger partial charge in [0, 0.05) is 30.7 Å². The number of nitrogens with one attached hydrogen (secondary N) is 1. The van der Waals surface area contributed by atoms with Crippen LogP contribution < -0.4 is 11.1 Å². The first-order chi connectivity index (χ1) is 10.2. The van der Waals surface area contributed by atoms with Gasteiger partial charge in [0.2, 0.25) is 5.95 Å². The number of hydrogen-bond acceptors (Lipinski definition) is 5. The number of rotatable bonds is 4. The molecule has 0 spiro atoms. The van der Waals surface area contributed by atoms with Gasteiger partial charge in [-0.3, -0.25) is 4.68 Å². The van der Waals surface area contributed by atoms with Crippen LogP contribution >= 0.6 is 0 Å². The molecule has 0 saturated carbocycles. The highest BCUT2D eigenvalue weighted by atomic mass is 15.3. The van der Waals surface area contributed by atoms with Gasteiger partial charge in [-0.05, 0) is 18.6 Å². The van der Waals surface area contributed by atoms with Gasteiger partial charge in [0.15, 0.2) is 0 Å². The number of aromatic nitrogens is 4. The predicted octanol–water partition coefficient (Wildman–Crippen LogP) is 2.12. The first kappa shape index (κ1) is 13.4. The Balaban J connectivity index is 1.85. The molecular weight excluding hydrogens is 264 g/mol. The lowest BCUT2D eigenvalue weighted by Crippen LogP contribution is -2.06. The van der Waals surface area contributed by atoms with E-state index in [1.165, 1.54) is 0 Å². The number of benzene rings is 1. The van der Waals surface area contributed by atoms with E-state index in [4.69, 9.17) is 5.73 Å². The molecule has 0 fully saturated rings. The van der Waals surface area contributed by atoms with Gasteiger partial charge in [-0.25, -0.2) is 4.98 Å². The standard InChI is InChI=1S/C15H18N6/c1-3-12-10(9-21(2)20-12)8-17-15-18-13-7-5-4-6-11(13)14(16)19-15/h4-7,9H,3,8H2,1-2H3,(H3,16,17,18,19). The fourth-order valence-electron chi connectivity index (χ4n) is 2.38. The molecule has 2 aromatic heterocycles. The Morgan fingerprint density at radius 1 is 1.24 bits per heavy atom. The summed E-state index contributed by atoms with van der Waals surface area (Å²) in [6, 6.07) is 7.72. The third-order valence-electron chi connectivity index (χ3n) is 3.40. The minimum absolute atomic E-state index is 0.491.